The van der Waals surface area contributed by atoms with Crippen molar-refractivity contribution in [3.8, 4) is 11.3 Å². The van der Waals surface area contributed by atoms with E-state index in [4.69, 9.17) is 0 Å². The number of halogens is 1. The summed E-state index contributed by atoms with van der Waals surface area (Å²) < 4.78 is 0.996. The molecule has 2 aliphatic carbocycles. The number of hydrogen-bond acceptors (Lipinski definition) is 4. The van der Waals surface area contributed by atoms with Crippen LogP contribution >= 0.6 is 27.3 Å². The minimum atomic E-state index is -0.845. The summed E-state index contributed by atoms with van der Waals surface area (Å²) in [5.74, 6) is -1.69. The van der Waals surface area contributed by atoms with E-state index in [1.807, 2.05) is 29.6 Å². The number of nitrogens with one attached hydrogen (secondary N) is 1. The first-order valence-corrected chi connectivity index (χ1v) is 9.95. The number of aliphatic carboxylic acids is 1. The van der Waals surface area contributed by atoms with Crippen molar-refractivity contribution in [2.24, 2.45) is 23.7 Å². The van der Waals surface area contributed by atoms with Crippen LogP contribution in [0.1, 0.15) is 19.3 Å². The molecule has 2 saturated carbocycles. The van der Waals surface area contributed by atoms with Crippen LogP contribution in [0.15, 0.2) is 34.1 Å². The Morgan fingerprint density at radius 3 is 2.52 bits per heavy atom. The predicted octanol–water partition coefficient (Wildman–Crippen LogP) is 4.26. The normalized spacial score (nSPS) is 27.4. The molecule has 5 nitrogen and oxygen atoms in total. The lowest BCUT2D eigenvalue weighted by atomic mass is 9.79. The number of rotatable bonds is 4. The summed E-state index contributed by atoms with van der Waals surface area (Å²) in [6.45, 7) is 0. The van der Waals surface area contributed by atoms with Gasteiger partial charge in [-0.05, 0) is 43.2 Å². The number of benzene rings is 1. The largest absolute Gasteiger partial charge is 0.481 e. The molecule has 25 heavy (non-hydrogen) atoms. The lowest BCUT2D eigenvalue weighted by Crippen LogP contribution is -2.37. The van der Waals surface area contributed by atoms with Crippen molar-refractivity contribution in [1.29, 1.82) is 0 Å². The fraction of sp³-hybridized carbons (Fsp3) is 0.389. The van der Waals surface area contributed by atoms with Crippen LogP contribution in [0, 0.1) is 23.7 Å². The number of nitrogens with zero attached hydrogens (tertiary/aromatic N) is 1. The zero-order valence-electron chi connectivity index (χ0n) is 13.3. The second-order valence-corrected chi connectivity index (χ2v) is 8.53. The van der Waals surface area contributed by atoms with E-state index in [9.17, 15) is 14.7 Å². The number of carboxylic acids is 1. The van der Waals surface area contributed by atoms with E-state index in [1.165, 1.54) is 11.3 Å². The predicted molar refractivity (Wildman–Crippen MR) is 99.3 cm³/mol. The second kappa shape index (κ2) is 6.53. The first-order valence-electron chi connectivity index (χ1n) is 8.28. The number of carbonyl (C=O) groups is 2. The maximum atomic E-state index is 12.7. The van der Waals surface area contributed by atoms with Crippen molar-refractivity contribution in [1.82, 2.24) is 4.98 Å². The molecule has 1 aromatic carbocycles. The third-order valence-electron chi connectivity index (χ3n) is 5.38. The van der Waals surface area contributed by atoms with Gasteiger partial charge >= 0.3 is 5.97 Å². The van der Waals surface area contributed by atoms with Crippen LogP contribution in [0.3, 0.4) is 0 Å². The monoisotopic (exact) mass is 420 g/mol. The fourth-order valence-electron chi connectivity index (χ4n) is 4.30. The molecule has 2 bridgehead atoms. The fourth-order valence-corrected chi connectivity index (χ4v) is 5.28. The van der Waals surface area contributed by atoms with Gasteiger partial charge in [-0.3, -0.25) is 9.59 Å². The molecule has 2 aliphatic rings. The van der Waals surface area contributed by atoms with Crippen LogP contribution in [0.4, 0.5) is 5.13 Å². The average molecular weight is 421 g/mol. The lowest BCUT2D eigenvalue weighted by molar-refractivity contribution is -0.148. The molecule has 4 atom stereocenters. The van der Waals surface area contributed by atoms with E-state index in [1.54, 1.807) is 0 Å². The minimum absolute atomic E-state index is 0.146. The molecule has 0 saturated heterocycles. The maximum Gasteiger partial charge on any atom is 0.307 e. The summed E-state index contributed by atoms with van der Waals surface area (Å²) in [6, 6.07) is 7.81. The SMILES string of the molecule is O=C(O)[C@@H]1[C@@H]2CC[C@@H](C2)[C@H]1C(=O)Nc1nc(-c2ccc(Br)cc2)cs1. The molecule has 1 heterocycles. The van der Waals surface area contributed by atoms with Crippen molar-refractivity contribution in [2.45, 2.75) is 19.3 Å². The van der Waals surface area contributed by atoms with E-state index >= 15 is 0 Å². The van der Waals surface area contributed by atoms with Crippen LogP contribution in [0.5, 0.6) is 0 Å². The van der Waals surface area contributed by atoms with Gasteiger partial charge in [0, 0.05) is 15.4 Å². The van der Waals surface area contributed by atoms with Crippen LogP contribution in [0.2, 0.25) is 0 Å². The third-order valence-corrected chi connectivity index (χ3v) is 6.66. The number of fused-ring (bicyclic) bond motifs is 2. The molecule has 1 aromatic heterocycles. The number of aromatic nitrogens is 1. The summed E-state index contributed by atoms with van der Waals surface area (Å²) in [7, 11) is 0. The molecule has 7 heteroatoms. The Morgan fingerprint density at radius 2 is 1.84 bits per heavy atom. The highest BCUT2D eigenvalue weighted by atomic mass is 79.9. The number of hydrogen-bond donors (Lipinski definition) is 2. The maximum absolute atomic E-state index is 12.7. The minimum Gasteiger partial charge on any atom is -0.481 e. The van der Waals surface area contributed by atoms with Gasteiger partial charge in [0.2, 0.25) is 5.91 Å². The van der Waals surface area contributed by atoms with Gasteiger partial charge in [0.25, 0.3) is 0 Å². The lowest BCUT2D eigenvalue weighted by Gasteiger charge is -2.26. The molecule has 0 aliphatic heterocycles. The Kier molecular flexibility index (Phi) is 4.37. The van der Waals surface area contributed by atoms with Gasteiger partial charge < -0.3 is 10.4 Å². The van der Waals surface area contributed by atoms with E-state index < -0.39 is 17.8 Å². The molecule has 2 fully saturated rings. The highest BCUT2D eigenvalue weighted by Gasteiger charge is 2.54. The molecule has 2 N–H and O–H groups in total. The molecule has 0 unspecified atom stereocenters. The van der Waals surface area contributed by atoms with Gasteiger partial charge in [0.05, 0.1) is 17.5 Å². The standard InChI is InChI=1S/C18H17BrN2O3S/c19-12-5-3-9(4-6-12)13-8-25-18(20-13)21-16(22)14-10-1-2-11(7-10)15(14)17(23)24/h3-6,8,10-11,14-15H,1-2,7H2,(H,23,24)(H,20,21,22)/t10-,11+,14+,15+/m0/s1. The van der Waals surface area contributed by atoms with Crippen molar-refractivity contribution in [3.63, 3.8) is 0 Å². The van der Waals surface area contributed by atoms with Gasteiger partial charge in [-0.25, -0.2) is 4.98 Å². The van der Waals surface area contributed by atoms with Crippen LogP contribution < -0.4 is 5.32 Å². The Bertz CT molecular complexity index is 820. The van der Waals surface area contributed by atoms with Crippen molar-refractivity contribution in [3.05, 3.63) is 34.1 Å². The van der Waals surface area contributed by atoms with Gasteiger partial charge in [-0.15, -0.1) is 11.3 Å². The van der Waals surface area contributed by atoms with Gasteiger partial charge in [0.1, 0.15) is 0 Å². The third kappa shape index (κ3) is 3.11. The van der Waals surface area contributed by atoms with E-state index in [0.717, 1.165) is 35.0 Å². The molecule has 130 valence electrons. The number of carboxylic acid groups (broad SMARTS) is 1. The van der Waals surface area contributed by atoms with Gasteiger partial charge in [-0.1, -0.05) is 28.1 Å². The molecular weight excluding hydrogens is 404 g/mol. The summed E-state index contributed by atoms with van der Waals surface area (Å²) in [6.07, 6.45) is 2.74. The van der Waals surface area contributed by atoms with Gasteiger partial charge in [-0.2, -0.15) is 0 Å². The molecule has 2 aromatic rings. The van der Waals surface area contributed by atoms with Crippen LogP contribution in [-0.4, -0.2) is 22.0 Å². The van der Waals surface area contributed by atoms with Crippen LogP contribution in [-0.2, 0) is 9.59 Å². The topological polar surface area (TPSA) is 79.3 Å². The smallest absolute Gasteiger partial charge is 0.307 e. The molecular formula is C18H17BrN2O3S. The molecule has 0 spiro atoms. The Morgan fingerprint density at radius 1 is 1.16 bits per heavy atom. The summed E-state index contributed by atoms with van der Waals surface area (Å²) in [5, 5.41) is 14.8. The van der Waals surface area contributed by atoms with E-state index in [0.29, 0.717) is 5.13 Å². The van der Waals surface area contributed by atoms with Crippen LogP contribution in [0.25, 0.3) is 11.3 Å². The highest BCUT2D eigenvalue weighted by Crippen LogP contribution is 2.52. The zero-order valence-corrected chi connectivity index (χ0v) is 15.7. The second-order valence-electron chi connectivity index (χ2n) is 6.76. The first kappa shape index (κ1) is 16.7. The number of thiazole rings is 1. The summed E-state index contributed by atoms with van der Waals surface area (Å²) in [5.41, 5.74) is 1.78. The Balaban J connectivity index is 1.50. The Hall–Kier alpha value is -1.73. The van der Waals surface area contributed by atoms with Crippen molar-refractivity contribution >= 4 is 44.3 Å². The quantitative estimate of drug-likeness (QED) is 0.774. The van der Waals surface area contributed by atoms with Crippen molar-refractivity contribution < 1.29 is 14.7 Å². The van der Waals surface area contributed by atoms with E-state index in [-0.39, 0.29) is 17.7 Å². The zero-order chi connectivity index (χ0) is 17.6. The number of carbonyl (C=O) groups excluding carboxylic acids is 1. The van der Waals surface area contributed by atoms with Crippen molar-refractivity contribution in [2.75, 3.05) is 5.32 Å². The Labute approximate surface area is 157 Å². The summed E-state index contributed by atoms with van der Waals surface area (Å²) >= 11 is 4.77. The molecule has 0 radical (unpaired) electrons. The van der Waals surface area contributed by atoms with E-state index in [2.05, 4.69) is 26.2 Å². The molecule has 1 amide bonds. The highest BCUT2D eigenvalue weighted by molar-refractivity contribution is 9.10. The number of anilines is 1. The summed E-state index contributed by atoms with van der Waals surface area (Å²) in [4.78, 5) is 28.8. The first-order chi connectivity index (χ1) is 12.0. The van der Waals surface area contributed by atoms with Gasteiger partial charge in [0.15, 0.2) is 5.13 Å². The number of amides is 1. The average Bonchev–Trinajstić information content (AvgIpc) is 3.30. The molecule has 4 rings (SSSR count).